The summed E-state index contributed by atoms with van der Waals surface area (Å²) in [7, 11) is 1.57. The highest BCUT2D eigenvalue weighted by atomic mass is 32.1. The Balaban J connectivity index is 2.93. The SMILES string of the molecule is Cc1cc(C(=O)O)sc1N(C)C(=O)OC(C)(C)C. The van der Waals surface area contributed by atoms with Gasteiger partial charge in [0.1, 0.15) is 15.5 Å². The average molecular weight is 271 g/mol. The number of thiophene rings is 1. The van der Waals surface area contributed by atoms with Crippen molar-refractivity contribution in [1.82, 2.24) is 0 Å². The lowest BCUT2D eigenvalue weighted by Gasteiger charge is -2.24. The zero-order valence-corrected chi connectivity index (χ0v) is 11.9. The molecule has 0 saturated carbocycles. The molecule has 0 aliphatic carbocycles. The maximum absolute atomic E-state index is 11.9. The Hall–Kier alpha value is -1.56. The van der Waals surface area contributed by atoms with Crippen molar-refractivity contribution in [1.29, 1.82) is 0 Å². The van der Waals surface area contributed by atoms with Gasteiger partial charge in [0, 0.05) is 7.05 Å². The number of aromatic carboxylic acids is 1. The minimum Gasteiger partial charge on any atom is -0.477 e. The lowest BCUT2D eigenvalue weighted by Crippen LogP contribution is -2.34. The predicted molar refractivity (Wildman–Crippen MR) is 70.7 cm³/mol. The summed E-state index contributed by atoms with van der Waals surface area (Å²) in [4.78, 5) is 24.3. The second kappa shape index (κ2) is 4.97. The Morgan fingerprint density at radius 2 is 1.94 bits per heavy atom. The number of nitrogens with zero attached hydrogens (tertiary/aromatic N) is 1. The topological polar surface area (TPSA) is 66.8 Å². The van der Waals surface area contributed by atoms with Crippen molar-refractivity contribution in [3.8, 4) is 0 Å². The van der Waals surface area contributed by atoms with Gasteiger partial charge in [-0.1, -0.05) is 0 Å². The standard InChI is InChI=1S/C12H17NO4S/c1-7-6-8(10(14)15)18-9(7)13(5)11(16)17-12(2,3)4/h6H,1-5H3,(H,14,15). The number of ether oxygens (including phenoxy) is 1. The molecule has 100 valence electrons. The van der Waals surface area contributed by atoms with Crippen LogP contribution in [0.1, 0.15) is 36.0 Å². The van der Waals surface area contributed by atoms with Crippen LogP contribution in [0.3, 0.4) is 0 Å². The van der Waals surface area contributed by atoms with Crippen LogP contribution in [-0.4, -0.2) is 29.8 Å². The number of carboxylic acids is 1. The number of hydrogen-bond donors (Lipinski definition) is 1. The summed E-state index contributed by atoms with van der Waals surface area (Å²) in [5.74, 6) is -0.994. The Kier molecular flexibility index (Phi) is 4.01. The van der Waals surface area contributed by atoms with E-state index in [0.717, 1.165) is 16.9 Å². The molecule has 0 aliphatic heterocycles. The number of carboxylic acid groups (broad SMARTS) is 1. The molecule has 1 N–H and O–H groups in total. The van der Waals surface area contributed by atoms with E-state index < -0.39 is 17.7 Å². The van der Waals surface area contributed by atoms with Gasteiger partial charge >= 0.3 is 12.1 Å². The van der Waals surface area contributed by atoms with E-state index in [1.54, 1.807) is 40.8 Å². The van der Waals surface area contributed by atoms with Crippen LogP contribution >= 0.6 is 11.3 Å². The minimum atomic E-state index is -0.994. The summed E-state index contributed by atoms with van der Waals surface area (Å²) in [5.41, 5.74) is 0.164. The molecule has 6 heteroatoms. The highest BCUT2D eigenvalue weighted by Crippen LogP contribution is 2.31. The number of carbonyl (C=O) groups is 2. The van der Waals surface area contributed by atoms with Crippen LogP contribution in [0.2, 0.25) is 0 Å². The molecule has 1 heterocycles. The van der Waals surface area contributed by atoms with Crippen molar-refractivity contribution in [2.75, 3.05) is 11.9 Å². The van der Waals surface area contributed by atoms with Crippen molar-refractivity contribution >= 4 is 28.4 Å². The highest BCUT2D eigenvalue weighted by Gasteiger charge is 2.23. The van der Waals surface area contributed by atoms with Crippen molar-refractivity contribution in [2.45, 2.75) is 33.3 Å². The van der Waals surface area contributed by atoms with Crippen molar-refractivity contribution in [2.24, 2.45) is 0 Å². The summed E-state index contributed by atoms with van der Waals surface area (Å²) in [5, 5.41) is 9.49. The lowest BCUT2D eigenvalue weighted by molar-refractivity contribution is 0.0589. The van der Waals surface area contributed by atoms with Gasteiger partial charge in [0.05, 0.1) is 0 Å². The van der Waals surface area contributed by atoms with E-state index in [0.29, 0.717) is 5.00 Å². The third kappa shape index (κ3) is 3.46. The molecule has 0 unspecified atom stereocenters. The zero-order chi connectivity index (χ0) is 14.1. The average Bonchev–Trinajstić information content (AvgIpc) is 2.56. The number of amides is 1. The van der Waals surface area contributed by atoms with E-state index in [1.165, 1.54) is 4.90 Å². The number of aryl methyl sites for hydroxylation is 1. The molecule has 0 saturated heterocycles. The van der Waals surface area contributed by atoms with Gasteiger partial charge in [-0.3, -0.25) is 4.90 Å². The third-order valence-corrected chi connectivity index (χ3v) is 3.38. The van der Waals surface area contributed by atoms with Crippen LogP contribution < -0.4 is 4.90 Å². The van der Waals surface area contributed by atoms with Crippen LogP contribution in [-0.2, 0) is 4.74 Å². The van der Waals surface area contributed by atoms with Gasteiger partial charge in [0.25, 0.3) is 0 Å². The summed E-state index contributed by atoms with van der Waals surface area (Å²) < 4.78 is 5.22. The summed E-state index contributed by atoms with van der Waals surface area (Å²) in [6.07, 6.45) is -0.496. The first-order chi connectivity index (χ1) is 8.11. The van der Waals surface area contributed by atoms with Gasteiger partial charge in [0.15, 0.2) is 0 Å². The molecule has 1 amide bonds. The van der Waals surface area contributed by atoms with Crippen LogP contribution in [0.5, 0.6) is 0 Å². The molecule has 18 heavy (non-hydrogen) atoms. The molecule has 0 spiro atoms. The highest BCUT2D eigenvalue weighted by molar-refractivity contribution is 7.18. The maximum Gasteiger partial charge on any atom is 0.415 e. The first-order valence-electron chi connectivity index (χ1n) is 5.42. The quantitative estimate of drug-likeness (QED) is 0.897. The first-order valence-corrected chi connectivity index (χ1v) is 6.24. The molecule has 0 aliphatic rings. The molecular weight excluding hydrogens is 254 g/mol. The fourth-order valence-corrected chi connectivity index (χ4v) is 2.29. The maximum atomic E-state index is 11.9. The monoisotopic (exact) mass is 271 g/mol. The molecule has 1 aromatic rings. The van der Waals surface area contributed by atoms with Crippen LogP contribution in [0.25, 0.3) is 0 Å². The number of hydrogen-bond acceptors (Lipinski definition) is 4. The number of rotatable bonds is 2. The minimum absolute atomic E-state index is 0.206. The van der Waals surface area contributed by atoms with Crippen molar-refractivity contribution in [3.63, 3.8) is 0 Å². The zero-order valence-electron chi connectivity index (χ0n) is 11.1. The third-order valence-electron chi connectivity index (χ3n) is 2.07. The van der Waals surface area contributed by atoms with Gasteiger partial charge in [0.2, 0.25) is 0 Å². The Bertz CT molecular complexity index is 473. The molecule has 1 aromatic heterocycles. The smallest absolute Gasteiger partial charge is 0.415 e. The van der Waals surface area contributed by atoms with Crippen LogP contribution in [0, 0.1) is 6.92 Å². The largest absolute Gasteiger partial charge is 0.477 e. The molecular formula is C12H17NO4S. The van der Waals surface area contributed by atoms with Gasteiger partial charge in [-0.25, -0.2) is 9.59 Å². The molecule has 0 atom stereocenters. The second-order valence-electron chi connectivity index (χ2n) is 4.94. The van der Waals surface area contributed by atoms with E-state index >= 15 is 0 Å². The Morgan fingerprint density at radius 1 is 1.39 bits per heavy atom. The molecule has 0 radical (unpaired) electrons. The van der Waals surface area contributed by atoms with Gasteiger partial charge in [-0.05, 0) is 39.3 Å². The number of carbonyl (C=O) groups excluding carboxylic acids is 1. The molecule has 0 aromatic carbocycles. The van der Waals surface area contributed by atoms with Gasteiger partial charge in [-0.15, -0.1) is 11.3 Å². The van der Waals surface area contributed by atoms with Crippen LogP contribution in [0.4, 0.5) is 9.80 Å². The summed E-state index contributed by atoms with van der Waals surface area (Å²) in [6.45, 7) is 7.10. The Morgan fingerprint density at radius 3 is 2.33 bits per heavy atom. The summed E-state index contributed by atoms with van der Waals surface area (Å²) in [6, 6.07) is 1.54. The van der Waals surface area contributed by atoms with E-state index in [2.05, 4.69) is 0 Å². The molecule has 0 fully saturated rings. The fourth-order valence-electron chi connectivity index (χ4n) is 1.32. The van der Waals surface area contributed by atoms with E-state index in [9.17, 15) is 9.59 Å². The fraction of sp³-hybridized carbons (Fsp3) is 0.500. The summed E-state index contributed by atoms with van der Waals surface area (Å²) >= 11 is 1.06. The lowest BCUT2D eigenvalue weighted by atomic mass is 10.2. The molecule has 5 nitrogen and oxygen atoms in total. The number of anilines is 1. The van der Waals surface area contributed by atoms with Crippen LogP contribution in [0.15, 0.2) is 6.07 Å². The molecule has 0 bridgehead atoms. The van der Waals surface area contributed by atoms with Gasteiger partial charge in [-0.2, -0.15) is 0 Å². The normalized spacial score (nSPS) is 11.2. The van der Waals surface area contributed by atoms with Gasteiger partial charge < -0.3 is 9.84 Å². The van der Waals surface area contributed by atoms with Crippen molar-refractivity contribution < 1.29 is 19.4 Å². The van der Waals surface area contributed by atoms with E-state index in [4.69, 9.17) is 9.84 Å². The van der Waals surface area contributed by atoms with Crippen molar-refractivity contribution in [3.05, 3.63) is 16.5 Å². The van der Waals surface area contributed by atoms with E-state index in [-0.39, 0.29) is 4.88 Å². The predicted octanol–water partition coefficient (Wildman–Crippen LogP) is 3.13. The first kappa shape index (κ1) is 14.5. The second-order valence-corrected chi connectivity index (χ2v) is 5.97. The van der Waals surface area contributed by atoms with E-state index in [1.807, 2.05) is 0 Å². The Labute approximate surface area is 110 Å². The molecule has 1 rings (SSSR count).